The van der Waals surface area contributed by atoms with Gasteiger partial charge in [-0.15, -0.1) is 11.3 Å². The highest BCUT2D eigenvalue weighted by Crippen LogP contribution is 2.39. The van der Waals surface area contributed by atoms with Crippen LogP contribution in [0.1, 0.15) is 26.3 Å². The minimum absolute atomic E-state index is 0.0249. The topological polar surface area (TPSA) is 107 Å². The van der Waals surface area contributed by atoms with E-state index in [9.17, 15) is 35.1 Å². The van der Waals surface area contributed by atoms with Crippen molar-refractivity contribution in [2.24, 2.45) is 0 Å². The van der Waals surface area contributed by atoms with Gasteiger partial charge in [-0.25, -0.2) is 21.6 Å². The van der Waals surface area contributed by atoms with Crippen LogP contribution in [0.5, 0.6) is 0 Å². The third-order valence-electron chi connectivity index (χ3n) is 5.99. The van der Waals surface area contributed by atoms with E-state index in [1.807, 2.05) is 0 Å². The molecule has 2 heterocycles. The molecule has 0 saturated carbocycles. The molecule has 0 unspecified atom stereocenters. The number of alkyl halides is 3. The van der Waals surface area contributed by atoms with Crippen molar-refractivity contribution in [2.45, 2.75) is 48.0 Å². The summed E-state index contributed by atoms with van der Waals surface area (Å²) in [6, 6.07) is 7.63. The van der Waals surface area contributed by atoms with E-state index < -0.39 is 43.1 Å². The van der Waals surface area contributed by atoms with Crippen molar-refractivity contribution in [3.05, 3.63) is 47.3 Å². The van der Waals surface area contributed by atoms with E-state index in [0.717, 1.165) is 23.5 Å². The molecule has 0 amide bonds. The summed E-state index contributed by atoms with van der Waals surface area (Å²) in [5.74, 6) is 0. The third kappa shape index (κ3) is 5.83. The van der Waals surface area contributed by atoms with Crippen LogP contribution in [0, 0.1) is 0 Å². The van der Waals surface area contributed by atoms with Gasteiger partial charge in [0.15, 0.2) is 5.60 Å². The first-order valence-corrected chi connectivity index (χ1v) is 14.6. The van der Waals surface area contributed by atoms with Crippen molar-refractivity contribution in [2.75, 3.05) is 31.1 Å². The molecule has 2 N–H and O–H groups in total. The van der Waals surface area contributed by atoms with Gasteiger partial charge in [-0.1, -0.05) is 18.2 Å². The number of nitrogens with one attached hydrogen (secondary N) is 1. The first kappa shape index (κ1) is 27.9. The van der Waals surface area contributed by atoms with Gasteiger partial charge < -0.3 is 10.0 Å². The lowest BCUT2D eigenvalue weighted by atomic mass is 9.95. The minimum Gasteiger partial charge on any atom is -0.376 e. The van der Waals surface area contributed by atoms with Crippen LogP contribution in [-0.4, -0.2) is 69.9 Å². The maximum Gasteiger partial charge on any atom is 0.421 e. The lowest BCUT2D eigenvalue weighted by Crippen LogP contribution is -2.58. The number of nitrogens with zero attached hydrogens (tertiary/aromatic N) is 2. The molecule has 1 aromatic carbocycles. The number of benzene rings is 1. The molecule has 1 saturated heterocycles. The van der Waals surface area contributed by atoms with Crippen molar-refractivity contribution in [1.82, 2.24) is 9.03 Å². The second-order valence-corrected chi connectivity index (χ2v) is 14.1. The maximum atomic E-state index is 13.2. The highest BCUT2D eigenvalue weighted by atomic mass is 32.2. The molecule has 35 heavy (non-hydrogen) atoms. The van der Waals surface area contributed by atoms with Crippen molar-refractivity contribution in [3.63, 3.8) is 0 Å². The summed E-state index contributed by atoms with van der Waals surface area (Å²) >= 11 is 1.08. The van der Waals surface area contributed by atoms with Crippen molar-refractivity contribution in [3.8, 4) is 0 Å². The quantitative estimate of drug-likeness (QED) is 0.519. The second-order valence-electron chi connectivity index (χ2n) is 8.70. The van der Waals surface area contributed by atoms with Crippen molar-refractivity contribution >= 4 is 37.1 Å². The van der Waals surface area contributed by atoms with Crippen LogP contribution < -0.4 is 9.62 Å². The zero-order chi connectivity index (χ0) is 26.2. The first-order chi connectivity index (χ1) is 16.1. The zero-order valence-corrected chi connectivity index (χ0v) is 21.8. The van der Waals surface area contributed by atoms with E-state index in [-0.39, 0.29) is 36.0 Å². The molecule has 1 aromatic heterocycles. The number of aliphatic hydroxyl groups is 1. The summed E-state index contributed by atoms with van der Waals surface area (Å²) in [6.07, 6.45) is -4.87. The Balaban J connectivity index is 1.89. The molecule has 2 aromatic rings. The minimum atomic E-state index is -4.87. The van der Waals surface area contributed by atoms with Crippen molar-refractivity contribution < 1.29 is 35.1 Å². The number of hydrogen-bond donors (Lipinski definition) is 2. The van der Waals surface area contributed by atoms with Gasteiger partial charge in [0.25, 0.3) is 10.0 Å². The molecule has 0 bridgehead atoms. The Kier molecular flexibility index (Phi) is 7.95. The van der Waals surface area contributed by atoms with Crippen LogP contribution in [0.4, 0.5) is 18.9 Å². The molecule has 3 rings (SSSR count). The van der Waals surface area contributed by atoms with E-state index in [1.165, 1.54) is 36.4 Å². The molecule has 8 nitrogen and oxygen atoms in total. The summed E-state index contributed by atoms with van der Waals surface area (Å²) in [4.78, 5) is 1.76. The normalized spacial score (nSPS) is 20.2. The summed E-state index contributed by atoms with van der Waals surface area (Å²) in [5, 5.41) is 10.9. The summed E-state index contributed by atoms with van der Waals surface area (Å²) in [7, 11) is -7.42. The summed E-state index contributed by atoms with van der Waals surface area (Å²) < 4.78 is 94.3. The molecule has 196 valence electrons. The average molecular weight is 556 g/mol. The largest absolute Gasteiger partial charge is 0.421 e. The third-order valence-corrected chi connectivity index (χ3v) is 11.0. The highest BCUT2D eigenvalue weighted by molar-refractivity contribution is 7.91. The highest BCUT2D eigenvalue weighted by Gasteiger charge is 2.51. The SMILES string of the molecule is CC(C)S(=O)(=O)NC[C@H]1CN(S(=O)(=O)c2cccs2)CCN1c1ccc([C@](C)(O)C(F)(F)F)cc1. The van der Waals surface area contributed by atoms with Gasteiger partial charge in [-0.3, -0.25) is 0 Å². The molecule has 0 aliphatic carbocycles. The van der Waals surface area contributed by atoms with Crippen LogP contribution in [-0.2, 0) is 25.6 Å². The predicted octanol–water partition coefficient (Wildman–Crippen LogP) is 2.73. The van der Waals surface area contributed by atoms with Gasteiger partial charge >= 0.3 is 6.18 Å². The van der Waals surface area contributed by atoms with Crippen LogP contribution in [0.2, 0.25) is 0 Å². The van der Waals surface area contributed by atoms with E-state index in [0.29, 0.717) is 12.6 Å². The Morgan fingerprint density at radius 2 is 1.74 bits per heavy atom. The lowest BCUT2D eigenvalue weighted by Gasteiger charge is -2.42. The van der Waals surface area contributed by atoms with E-state index >= 15 is 0 Å². The van der Waals surface area contributed by atoms with Crippen LogP contribution in [0.3, 0.4) is 0 Å². The molecule has 1 fully saturated rings. The molecule has 0 radical (unpaired) electrons. The number of halogens is 3. The predicted molar refractivity (Wildman–Crippen MR) is 128 cm³/mol. The fourth-order valence-electron chi connectivity index (χ4n) is 3.62. The fourth-order valence-corrected chi connectivity index (χ4v) is 6.99. The van der Waals surface area contributed by atoms with Gasteiger partial charge in [0.1, 0.15) is 4.21 Å². The van der Waals surface area contributed by atoms with Crippen LogP contribution in [0.15, 0.2) is 46.0 Å². The molecule has 2 atom stereocenters. The second kappa shape index (κ2) is 9.98. The fraction of sp³-hybridized carbons (Fsp3) is 0.524. The van der Waals surface area contributed by atoms with Gasteiger partial charge in [0.05, 0.1) is 11.3 Å². The van der Waals surface area contributed by atoms with Crippen LogP contribution in [0.25, 0.3) is 0 Å². The number of rotatable bonds is 8. The molecule has 0 spiro atoms. The Bertz CT molecular complexity index is 1210. The van der Waals surface area contributed by atoms with Gasteiger partial charge in [-0.2, -0.15) is 17.5 Å². The van der Waals surface area contributed by atoms with Gasteiger partial charge in [0, 0.05) is 31.9 Å². The Morgan fingerprint density at radius 3 is 2.26 bits per heavy atom. The number of piperazine rings is 1. The molecule has 14 heteroatoms. The van der Waals surface area contributed by atoms with Crippen molar-refractivity contribution in [1.29, 1.82) is 0 Å². The summed E-state index contributed by atoms with van der Waals surface area (Å²) in [5.41, 5.74) is -2.90. The average Bonchev–Trinajstić information content (AvgIpc) is 3.33. The number of sulfonamides is 2. The van der Waals surface area contributed by atoms with E-state index in [2.05, 4.69) is 4.72 Å². The van der Waals surface area contributed by atoms with E-state index in [1.54, 1.807) is 16.3 Å². The number of anilines is 1. The smallest absolute Gasteiger partial charge is 0.376 e. The Morgan fingerprint density at radius 1 is 1.11 bits per heavy atom. The number of thiophene rings is 1. The van der Waals surface area contributed by atoms with E-state index in [4.69, 9.17) is 0 Å². The zero-order valence-electron chi connectivity index (χ0n) is 19.4. The molecule has 1 aliphatic rings. The molecular formula is C21H28F3N3O5S3. The standard InChI is InChI=1S/C21H28F3N3O5S3/c1-15(2)34(29,30)25-13-18-14-26(35(31,32)19-5-4-12-33-19)10-11-27(18)17-8-6-16(7-9-17)20(3,28)21(22,23)24/h4-9,12,15,18,25,28H,10-11,13-14H2,1-3H3/t18-,20-/m0/s1. The summed E-state index contributed by atoms with van der Waals surface area (Å²) in [6.45, 7) is 3.87. The van der Waals surface area contributed by atoms with Gasteiger partial charge in [0.2, 0.25) is 10.0 Å². The number of hydrogen-bond acceptors (Lipinski definition) is 7. The first-order valence-electron chi connectivity index (χ1n) is 10.8. The Hall–Kier alpha value is -1.71. The van der Waals surface area contributed by atoms with Crippen LogP contribution >= 0.6 is 11.3 Å². The lowest BCUT2D eigenvalue weighted by molar-refractivity contribution is -0.258. The maximum absolute atomic E-state index is 13.2. The molecular weight excluding hydrogens is 527 g/mol. The molecule has 1 aliphatic heterocycles. The monoisotopic (exact) mass is 555 g/mol. The Labute approximate surface area is 207 Å². The van der Waals surface area contributed by atoms with Gasteiger partial charge in [-0.05, 0) is 49.9 Å².